The van der Waals surface area contributed by atoms with Gasteiger partial charge in [0, 0.05) is 5.56 Å². The third-order valence-electron chi connectivity index (χ3n) is 2.12. The molecule has 0 N–H and O–H groups in total. The molecule has 0 spiro atoms. The third-order valence-corrected chi connectivity index (χ3v) is 2.12. The first-order chi connectivity index (χ1) is 7.16. The standard InChI is InChI=1S/C12H15N.C2H6/c1-9(2)10(3)11-7-5-6-8-12(11)13-4;1-2/h5-9H,3-4H2,1-2H3;1-2H3. The number of aliphatic imine (C=N–C) groups is 1. The van der Waals surface area contributed by atoms with Gasteiger partial charge in [-0.1, -0.05) is 52.5 Å². The zero-order chi connectivity index (χ0) is 11.8. The van der Waals surface area contributed by atoms with Gasteiger partial charge in [-0.15, -0.1) is 0 Å². The average Bonchev–Trinajstić information content (AvgIpc) is 2.30. The van der Waals surface area contributed by atoms with Crippen molar-refractivity contribution in [3.63, 3.8) is 0 Å². The molecule has 1 nitrogen and oxygen atoms in total. The van der Waals surface area contributed by atoms with Gasteiger partial charge in [-0.2, -0.15) is 0 Å². The van der Waals surface area contributed by atoms with Gasteiger partial charge in [0.25, 0.3) is 0 Å². The Hall–Kier alpha value is -1.37. The first kappa shape index (κ1) is 13.6. The van der Waals surface area contributed by atoms with E-state index >= 15 is 0 Å². The molecule has 1 rings (SSSR count). The van der Waals surface area contributed by atoms with Crippen molar-refractivity contribution in [2.45, 2.75) is 27.7 Å². The number of nitrogens with zero attached hydrogens (tertiary/aromatic N) is 1. The summed E-state index contributed by atoms with van der Waals surface area (Å²) in [6, 6.07) is 7.95. The van der Waals surface area contributed by atoms with Crippen LogP contribution in [-0.2, 0) is 0 Å². The summed E-state index contributed by atoms with van der Waals surface area (Å²) in [5.41, 5.74) is 3.14. The fourth-order valence-corrected chi connectivity index (χ4v) is 1.19. The fraction of sp³-hybridized carbons (Fsp3) is 0.357. The van der Waals surface area contributed by atoms with E-state index in [1.54, 1.807) is 0 Å². The summed E-state index contributed by atoms with van der Waals surface area (Å²) < 4.78 is 0. The average molecular weight is 203 g/mol. The molecule has 0 aliphatic carbocycles. The zero-order valence-corrected chi connectivity index (χ0v) is 10.2. The summed E-state index contributed by atoms with van der Waals surface area (Å²) in [6.07, 6.45) is 0. The molecule has 0 radical (unpaired) electrons. The van der Waals surface area contributed by atoms with Crippen molar-refractivity contribution in [2.75, 3.05) is 0 Å². The van der Waals surface area contributed by atoms with Gasteiger partial charge < -0.3 is 0 Å². The highest BCUT2D eigenvalue weighted by Crippen LogP contribution is 2.29. The van der Waals surface area contributed by atoms with Gasteiger partial charge in [0.15, 0.2) is 0 Å². The summed E-state index contributed by atoms with van der Waals surface area (Å²) in [6.45, 7) is 15.8. The quantitative estimate of drug-likeness (QED) is 0.631. The summed E-state index contributed by atoms with van der Waals surface area (Å²) in [5, 5.41) is 0. The first-order valence-electron chi connectivity index (χ1n) is 5.41. The fourth-order valence-electron chi connectivity index (χ4n) is 1.19. The van der Waals surface area contributed by atoms with Crippen molar-refractivity contribution in [1.82, 2.24) is 0 Å². The van der Waals surface area contributed by atoms with Crippen LogP contribution in [0.5, 0.6) is 0 Å². The van der Waals surface area contributed by atoms with E-state index in [-0.39, 0.29) is 0 Å². The number of hydrogen-bond donors (Lipinski definition) is 0. The smallest absolute Gasteiger partial charge is 0.0697 e. The van der Waals surface area contributed by atoms with Crippen LogP contribution in [0.2, 0.25) is 0 Å². The van der Waals surface area contributed by atoms with Crippen LogP contribution in [-0.4, -0.2) is 6.72 Å². The second-order valence-corrected chi connectivity index (χ2v) is 3.36. The van der Waals surface area contributed by atoms with E-state index in [1.165, 1.54) is 0 Å². The van der Waals surface area contributed by atoms with Crippen LogP contribution >= 0.6 is 0 Å². The molecule has 15 heavy (non-hydrogen) atoms. The Kier molecular flexibility index (Phi) is 6.35. The first-order valence-corrected chi connectivity index (χ1v) is 5.41. The number of allylic oxidation sites excluding steroid dienone is 1. The highest BCUT2D eigenvalue weighted by molar-refractivity contribution is 5.75. The summed E-state index contributed by atoms with van der Waals surface area (Å²) in [5.74, 6) is 0.447. The lowest BCUT2D eigenvalue weighted by Gasteiger charge is -2.11. The molecule has 0 saturated carbocycles. The highest BCUT2D eigenvalue weighted by atomic mass is 14.7. The molecule has 0 unspecified atom stereocenters. The van der Waals surface area contributed by atoms with Crippen molar-refractivity contribution in [3.05, 3.63) is 36.4 Å². The Morgan fingerprint density at radius 3 is 2.20 bits per heavy atom. The van der Waals surface area contributed by atoms with E-state index in [0.717, 1.165) is 16.8 Å². The lowest BCUT2D eigenvalue weighted by molar-refractivity contribution is 0.858. The topological polar surface area (TPSA) is 12.4 Å². The van der Waals surface area contributed by atoms with Crippen LogP contribution in [0.3, 0.4) is 0 Å². The molecule has 0 bridgehead atoms. The molecule has 0 aliphatic heterocycles. The molecule has 0 heterocycles. The maximum Gasteiger partial charge on any atom is 0.0697 e. The van der Waals surface area contributed by atoms with Crippen LogP contribution in [0.15, 0.2) is 35.8 Å². The Balaban J connectivity index is 0.000000921. The molecular weight excluding hydrogens is 182 g/mol. The van der Waals surface area contributed by atoms with Crippen LogP contribution in [0, 0.1) is 5.92 Å². The van der Waals surface area contributed by atoms with E-state index < -0.39 is 0 Å². The molecule has 82 valence electrons. The molecule has 0 amide bonds. The Labute approximate surface area is 93.6 Å². The lowest BCUT2D eigenvalue weighted by atomic mass is 9.96. The van der Waals surface area contributed by atoms with E-state index in [1.807, 2.05) is 38.1 Å². The maximum absolute atomic E-state index is 4.05. The van der Waals surface area contributed by atoms with E-state index in [9.17, 15) is 0 Å². The molecule has 0 aromatic heterocycles. The van der Waals surface area contributed by atoms with Gasteiger partial charge in [-0.05, 0) is 24.3 Å². The molecule has 0 fully saturated rings. The maximum atomic E-state index is 4.05. The molecule has 1 heteroatoms. The van der Waals surface area contributed by atoms with Gasteiger partial charge in [0.1, 0.15) is 0 Å². The summed E-state index contributed by atoms with van der Waals surface area (Å²) in [7, 11) is 0. The molecule has 0 saturated heterocycles. The Morgan fingerprint density at radius 2 is 1.73 bits per heavy atom. The van der Waals surface area contributed by atoms with Gasteiger partial charge in [-0.25, -0.2) is 0 Å². The third kappa shape index (κ3) is 3.70. The molecule has 1 aromatic rings. The predicted octanol–water partition coefficient (Wildman–Crippen LogP) is 4.71. The molecule has 1 aromatic carbocycles. The number of para-hydroxylation sites is 1. The monoisotopic (exact) mass is 203 g/mol. The minimum absolute atomic E-state index is 0.447. The van der Waals surface area contributed by atoms with E-state index in [4.69, 9.17) is 0 Å². The summed E-state index contributed by atoms with van der Waals surface area (Å²) in [4.78, 5) is 3.96. The van der Waals surface area contributed by atoms with E-state index in [0.29, 0.717) is 5.92 Å². The number of hydrogen-bond acceptors (Lipinski definition) is 1. The van der Waals surface area contributed by atoms with Crippen LogP contribution < -0.4 is 0 Å². The molecule has 0 atom stereocenters. The normalized spacial score (nSPS) is 9.13. The van der Waals surface area contributed by atoms with Crippen LogP contribution in [0.25, 0.3) is 5.57 Å². The minimum atomic E-state index is 0.447. The second-order valence-electron chi connectivity index (χ2n) is 3.36. The van der Waals surface area contributed by atoms with Crippen LogP contribution in [0.1, 0.15) is 33.3 Å². The summed E-state index contributed by atoms with van der Waals surface area (Å²) >= 11 is 0. The number of rotatable bonds is 3. The van der Waals surface area contributed by atoms with Crippen LogP contribution in [0.4, 0.5) is 5.69 Å². The SMILES string of the molecule is C=Nc1ccccc1C(=C)C(C)C.CC. The van der Waals surface area contributed by atoms with Crippen molar-refractivity contribution < 1.29 is 0 Å². The highest BCUT2D eigenvalue weighted by Gasteiger charge is 2.06. The largest absolute Gasteiger partial charge is 0.264 e. The van der Waals surface area contributed by atoms with Gasteiger partial charge >= 0.3 is 0 Å². The number of benzene rings is 1. The van der Waals surface area contributed by atoms with Gasteiger partial charge in [0.2, 0.25) is 0 Å². The lowest BCUT2D eigenvalue weighted by Crippen LogP contribution is -1.91. The van der Waals surface area contributed by atoms with Crippen molar-refractivity contribution in [2.24, 2.45) is 10.9 Å². The van der Waals surface area contributed by atoms with E-state index in [2.05, 4.69) is 32.1 Å². The Morgan fingerprint density at radius 1 is 1.20 bits per heavy atom. The predicted molar refractivity (Wildman–Crippen MR) is 70.9 cm³/mol. The van der Waals surface area contributed by atoms with Crippen molar-refractivity contribution >= 4 is 18.0 Å². The second kappa shape index (κ2) is 6.99. The van der Waals surface area contributed by atoms with Gasteiger partial charge in [0.05, 0.1) is 5.69 Å². The Bertz CT molecular complexity index is 324. The zero-order valence-electron chi connectivity index (χ0n) is 10.2. The van der Waals surface area contributed by atoms with Crippen molar-refractivity contribution in [1.29, 1.82) is 0 Å². The van der Waals surface area contributed by atoms with Crippen molar-refractivity contribution in [3.8, 4) is 0 Å². The van der Waals surface area contributed by atoms with Gasteiger partial charge in [-0.3, -0.25) is 4.99 Å². The molecule has 0 aliphatic rings. The minimum Gasteiger partial charge on any atom is -0.264 e. The molecular formula is C14H21N.